The SMILES string of the molecule is CN1C(=O)c2c(c3c4cccc(CN)c4[nH]c3c3[nH]c4cc(F)ccc4c23)C1=O. The highest BCUT2D eigenvalue weighted by Crippen LogP contribution is 2.43. The van der Waals surface area contributed by atoms with E-state index in [0.717, 1.165) is 21.4 Å². The molecule has 0 unspecified atom stereocenters. The minimum absolute atomic E-state index is 0.334. The van der Waals surface area contributed by atoms with Crippen molar-refractivity contribution in [2.45, 2.75) is 6.54 Å². The molecule has 5 aromatic rings. The van der Waals surface area contributed by atoms with Crippen LogP contribution in [-0.2, 0) is 6.54 Å². The molecule has 0 aliphatic carbocycles. The van der Waals surface area contributed by atoms with Gasteiger partial charge in [-0.1, -0.05) is 18.2 Å². The van der Waals surface area contributed by atoms with Gasteiger partial charge in [-0.25, -0.2) is 4.39 Å². The fraction of sp³-hybridized carbons (Fsp3) is 0.0909. The second-order valence-corrected chi connectivity index (χ2v) is 7.40. The molecule has 0 saturated carbocycles. The van der Waals surface area contributed by atoms with E-state index < -0.39 is 0 Å². The molecule has 1 aliphatic heterocycles. The number of amides is 2. The third kappa shape index (κ3) is 1.83. The Labute approximate surface area is 163 Å². The van der Waals surface area contributed by atoms with Gasteiger partial charge >= 0.3 is 0 Å². The highest BCUT2D eigenvalue weighted by molar-refractivity contribution is 6.39. The normalized spacial score (nSPS) is 14.2. The summed E-state index contributed by atoms with van der Waals surface area (Å²) in [6.45, 7) is 0.334. The molecule has 29 heavy (non-hydrogen) atoms. The van der Waals surface area contributed by atoms with Gasteiger partial charge in [-0.3, -0.25) is 14.5 Å². The van der Waals surface area contributed by atoms with E-state index in [2.05, 4.69) is 9.97 Å². The van der Waals surface area contributed by atoms with Crippen LogP contribution in [0.25, 0.3) is 43.6 Å². The first-order chi connectivity index (χ1) is 14.0. The van der Waals surface area contributed by atoms with Crippen molar-refractivity contribution < 1.29 is 14.0 Å². The lowest BCUT2D eigenvalue weighted by Gasteiger charge is -2.03. The molecule has 0 saturated heterocycles. The van der Waals surface area contributed by atoms with Crippen LogP contribution < -0.4 is 5.73 Å². The maximum Gasteiger partial charge on any atom is 0.262 e. The molecule has 0 spiro atoms. The molecular weight excluding hydrogens is 371 g/mol. The summed E-state index contributed by atoms with van der Waals surface area (Å²) in [5.74, 6) is -1.07. The Balaban J connectivity index is 1.97. The average Bonchev–Trinajstić information content (AvgIpc) is 3.34. The summed E-state index contributed by atoms with van der Waals surface area (Å²) in [5, 5.41) is 2.86. The second-order valence-electron chi connectivity index (χ2n) is 7.40. The molecule has 1 aliphatic rings. The number of benzene rings is 3. The smallest absolute Gasteiger partial charge is 0.262 e. The van der Waals surface area contributed by atoms with Crippen LogP contribution in [-0.4, -0.2) is 33.7 Å². The summed E-state index contributed by atoms with van der Waals surface area (Å²) in [6.07, 6.45) is 0. The number of hydrogen-bond donors (Lipinski definition) is 3. The average molecular weight is 386 g/mol. The molecule has 142 valence electrons. The van der Waals surface area contributed by atoms with Gasteiger partial charge in [0.1, 0.15) is 5.82 Å². The standard InChI is InChI=1S/C22H15FN4O2/c1-27-21(28)16-14-11-6-5-10(23)7-13(11)25-19(14)20-15(17(16)22(27)29)12-4-2-3-9(8-24)18(12)26-20/h2-7,25-26H,8,24H2,1H3. The van der Waals surface area contributed by atoms with Gasteiger partial charge in [0.05, 0.1) is 27.7 Å². The molecule has 3 aromatic carbocycles. The summed E-state index contributed by atoms with van der Waals surface area (Å²) in [5.41, 5.74) is 10.4. The lowest BCUT2D eigenvalue weighted by atomic mass is 9.96. The van der Waals surface area contributed by atoms with Crippen LogP contribution in [0.4, 0.5) is 4.39 Å². The van der Waals surface area contributed by atoms with Gasteiger partial charge in [-0.05, 0) is 23.8 Å². The van der Waals surface area contributed by atoms with Gasteiger partial charge in [0.2, 0.25) is 0 Å². The van der Waals surface area contributed by atoms with Crippen molar-refractivity contribution in [3.05, 3.63) is 58.9 Å². The van der Waals surface area contributed by atoms with Crippen LogP contribution in [0, 0.1) is 5.82 Å². The largest absolute Gasteiger partial charge is 0.353 e. The lowest BCUT2D eigenvalue weighted by molar-refractivity contribution is 0.0694. The first-order valence-corrected chi connectivity index (χ1v) is 9.24. The Morgan fingerprint density at radius 3 is 2.34 bits per heavy atom. The summed E-state index contributed by atoms with van der Waals surface area (Å²) < 4.78 is 13.8. The number of carbonyl (C=O) groups is 2. The van der Waals surface area contributed by atoms with E-state index in [1.807, 2.05) is 18.2 Å². The molecule has 2 aromatic heterocycles. The number of nitrogens with two attached hydrogens (primary N) is 1. The molecule has 0 fully saturated rings. The molecule has 0 radical (unpaired) electrons. The van der Waals surface area contributed by atoms with Gasteiger partial charge in [0, 0.05) is 40.7 Å². The van der Waals surface area contributed by atoms with Crippen LogP contribution in [0.1, 0.15) is 26.3 Å². The fourth-order valence-electron chi connectivity index (χ4n) is 4.62. The zero-order valence-electron chi connectivity index (χ0n) is 15.4. The summed E-state index contributed by atoms with van der Waals surface area (Å²) in [7, 11) is 1.48. The van der Waals surface area contributed by atoms with Gasteiger partial charge < -0.3 is 15.7 Å². The molecule has 3 heterocycles. The molecule has 4 N–H and O–H groups in total. The number of halogens is 1. The Morgan fingerprint density at radius 2 is 1.62 bits per heavy atom. The van der Waals surface area contributed by atoms with Crippen molar-refractivity contribution in [1.82, 2.24) is 14.9 Å². The summed E-state index contributed by atoms with van der Waals surface area (Å²) >= 11 is 0. The maximum atomic E-state index is 13.8. The Morgan fingerprint density at radius 1 is 0.931 bits per heavy atom. The predicted molar refractivity (Wildman–Crippen MR) is 109 cm³/mol. The van der Waals surface area contributed by atoms with Crippen molar-refractivity contribution in [3.8, 4) is 0 Å². The maximum absolute atomic E-state index is 13.8. The van der Waals surface area contributed by atoms with E-state index in [1.54, 1.807) is 6.07 Å². The van der Waals surface area contributed by atoms with Crippen LogP contribution >= 0.6 is 0 Å². The number of rotatable bonds is 1. The van der Waals surface area contributed by atoms with Crippen LogP contribution in [0.3, 0.4) is 0 Å². The number of para-hydroxylation sites is 1. The molecule has 7 heteroatoms. The van der Waals surface area contributed by atoms with Crippen molar-refractivity contribution in [1.29, 1.82) is 0 Å². The number of fused-ring (bicyclic) bond motifs is 10. The van der Waals surface area contributed by atoms with E-state index >= 15 is 0 Å². The van der Waals surface area contributed by atoms with Crippen molar-refractivity contribution >= 4 is 55.4 Å². The molecule has 0 atom stereocenters. The number of hydrogen-bond acceptors (Lipinski definition) is 3. The van der Waals surface area contributed by atoms with Crippen molar-refractivity contribution in [2.24, 2.45) is 5.73 Å². The van der Waals surface area contributed by atoms with Gasteiger partial charge in [0.15, 0.2) is 0 Å². The van der Waals surface area contributed by atoms with Gasteiger partial charge in [0.25, 0.3) is 11.8 Å². The van der Waals surface area contributed by atoms with Crippen molar-refractivity contribution in [3.63, 3.8) is 0 Å². The lowest BCUT2D eigenvalue weighted by Crippen LogP contribution is -2.24. The quantitative estimate of drug-likeness (QED) is 0.383. The zero-order chi connectivity index (χ0) is 20.0. The number of H-pyrrole nitrogens is 2. The van der Waals surface area contributed by atoms with E-state index in [9.17, 15) is 14.0 Å². The summed E-state index contributed by atoms with van der Waals surface area (Å²) in [6, 6.07) is 10.1. The number of nitrogens with one attached hydrogen (secondary N) is 2. The molecule has 0 bridgehead atoms. The predicted octanol–water partition coefficient (Wildman–Crippen LogP) is 3.78. The van der Waals surface area contributed by atoms with E-state index in [4.69, 9.17) is 5.73 Å². The second kappa shape index (κ2) is 5.21. The van der Waals surface area contributed by atoms with Crippen molar-refractivity contribution in [2.75, 3.05) is 7.05 Å². The summed E-state index contributed by atoms with van der Waals surface area (Å²) in [4.78, 5) is 33.9. The van der Waals surface area contributed by atoms with Crippen LogP contribution in [0.2, 0.25) is 0 Å². The fourth-order valence-corrected chi connectivity index (χ4v) is 4.62. The molecule has 2 amide bonds. The highest BCUT2D eigenvalue weighted by Gasteiger charge is 2.39. The molecule has 6 nitrogen and oxygen atoms in total. The minimum Gasteiger partial charge on any atom is -0.353 e. The number of carbonyl (C=O) groups excluding carboxylic acids is 2. The Hall–Kier alpha value is -3.71. The zero-order valence-corrected chi connectivity index (χ0v) is 15.4. The minimum atomic E-state index is -0.376. The molecular formula is C22H15FN4O2. The monoisotopic (exact) mass is 386 g/mol. The first-order valence-electron chi connectivity index (χ1n) is 9.24. The first kappa shape index (κ1) is 16.3. The topological polar surface area (TPSA) is 95.0 Å². The number of nitrogens with zero attached hydrogens (tertiary/aromatic N) is 1. The third-order valence-electron chi connectivity index (χ3n) is 5.94. The van der Waals surface area contributed by atoms with Crippen LogP contribution in [0.15, 0.2) is 36.4 Å². The number of aromatic nitrogens is 2. The van der Waals surface area contributed by atoms with E-state index in [-0.39, 0.29) is 17.6 Å². The Kier molecular flexibility index (Phi) is 2.92. The van der Waals surface area contributed by atoms with Gasteiger partial charge in [-0.2, -0.15) is 0 Å². The van der Waals surface area contributed by atoms with Gasteiger partial charge in [-0.15, -0.1) is 0 Å². The molecule has 6 rings (SSSR count). The van der Waals surface area contributed by atoms with Crippen LogP contribution in [0.5, 0.6) is 0 Å². The highest BCUT2D eigenvalue weighted by atomic mass is 19.1. The van der Waals surface area contributed by atoms with E-state index in [1.165, 1.54) is 19.2 Å². The van der Waals surface area contributed by atoms with E-state index in [0.29, 0.717) is 50.4 Å². The Bertz CT molecular complexity index is 1560. The number of aromatic amines is 2. The number of imide groups is 1. The third-order valence-corrected chi connectivity index (χ3v) is 5.94.